The maximum absolute atomic E-state index is 13.0. The zero-order valence-electron chi connectivity index (χ0n) is 19.9. The first-order chi connectivity index (χ1) is 16.7. The maximum atomic E-state index is 13.0. The van der Waals surface area contributed by atoms with E-state index in [4.69, 9.17) is 4.42 Å². The van der Waals surface area contributed by atoms with Crippen LogP contribution in [0.1, 0.15) is 49.3 Å². The molecule has 0 atom stereocenters. The van der Waals surface area contributed by atoms with Gasteiger partial charge in [-0.15, -0.1) is 10.2 Å². The van der Waals surface area contributed by atoms with Crippen LogP contribution in [0.3, 0.4) is 0 Å². The Hall–Kier alpha value is -2.58. The Balaban J connectivity index is 1.19. The van der Waals surface area contributed by atoms with Crippen molar-refractivity contribution in [2.24, 2.45) is 0 Å². The van der Waals surface area contributed by atoms with Crippen LogP contribution in [0.5, 0.6) is 0 Å². The Kier molecular flexibility index (Phi) is 7.35. The molecule has 3 heterocycles. The van der Waals surface area contributed by atoms with Crippen molar-refractivity contribution in [3.8, 4) is 11.6 Å². The van der Waals surface area contributed by atoms with Gasteiger partial charge in [0.2, 0.25) is 11.7 Å². The Labute approximate surface area is 205 Å². The van der Waals surface area contributed by atoms with Crippen LogP contribution in [0.2, 0.25) is 0 Å². The summed E-state index contributed by atoms with van der Waals surface area (Å²) in [4.78, 5) is 17.5. The fraction of sp³-hybridized carbons (Fsp3) is 0.500. The lowest BCUT2D eigenvalue weighted by atomic mass is 9.95. The lowest BCUT2D eigenvalue weighted by Crippen LogP contribution is -2.48. The summed E-state index contributed by atoms with van der Waals surface area (Å²) in [5, 5.41) is 9.74. The summed E-state index contributed by atoms with van der Waals surface area (Å²) >= 11 is 1.51. The van der Waals surface area contributed by atoms with Gasteiger partial charge in [0.15, 0.2) is 10.9 Å². The van der Waals surface area contributed by atoms with E-state index in [2.05, 4.69) is 50.9 Å². The summed E-state index contributed by atoms with van der Waals surface area (Å²) in [7, 11) is 0. The van der Waals surface area contributed by atoms with Crippen molar-refractivity contribution in [3.63, 3.8) is 0 Å². The maximum Gasteiger partial charge on any atom is 0.233 e. The quantitative estimate of drug-likeness (QED) is 0.454. The second kappa shape index (κ2) is 10.8. The molecule has 1 aliphatic carbocycles. The molecule has 0 radical (unpaired) electrons. The van der Waals surface area contributed by atoms with E-state index in [1.807, 2.05) is 17.0 Å². The van der Waals surface area contributed by atoms with E-state index in [9.17, 15) is 4.79 Å². The van der Waals surface area contributed by atoms with Crippen molar-refractivity contribution in [1.29, 1.82) is 0 Å². The van der Waals surface area contributed by atoms with E-state index in [0.717, 1.165) is 62.3 Å². The summed E-state index contributed by atoms with van der Waals surface area (Å²) in [6.45, 7) is 6.48. The van der Waals surface area contributed by atoms with Crippen LogP contribution in [0, 0.1) is 6.92 Å². The molecular formula is C26H33N5O2S. The third-order valence-electron chi connectivity index (χ3n) is 7.05. The van der Waals surface area contributed by atoms with E-state index in [1.165, 1.54) is 42.2 Å². The first-order valence-electron chi connectivity index (χ1n) is 12.4. The number of nitrogens with zero attached hydrogens (tertiary/aromatic N) is 5. The molecule has 1 amide bonds. The average Bonchev–Trinajstić information content (AvgIpc) is 3.55. The topological polar surface area (TPSA) is 67.4 Å². The van der Waals surface area contributed by atoms with E-state index < -0.39 is 0 Å². The number of hydrogen-bond donors (Lipinski definition) is 0. The number of hydrogen-bond acceptors (Lipinski definition) is 6. The van der Waals surface area contributed by atoms with Gasteiger partial charge in [0.05, 0.1) is 12.0 Å². The predicted molar refractivity (Wildman–Crippen MR) is 134 cm³/mol. The van der Waals surface area contributed by atoms with E-state index in [1.54, 1.807) is 6.26 Å². The molecule has 3 aromatic rings. The van der Waals surface area contributed by atoms with Gasteiger partial charge in [-0.25, -0.2) is 0 Å². The van der Waals surface area contributed by atoms with Crippen LogP contribution in [0.15, 0.2) is 52.2 Å². The Morgan fingerprint density at radius 2 is 1.82 bits per heavy atom. The summed E-state index contributed by atoms with van der Waals surface area (Å²) < 4.78 is 7.85. The molecule has 1 aromatic carbocycles. The molecule has 0 bridgehead atoms. The Morgan fingerprint density at radius 1 is 1.03 bits per heavy atom. The Bertz CT molecular complexity index is 1080. The average molecular weight is 480 g/mol. The molecule has 7 nitrogen and oxygen atoms in total. The molecule has 2 aromatic heterocycles. The number of carbonyl (C=O) groups is 1. The number of rotatable bonds is 7. The number of piperazine rings is 1. The highest BCUT2D eigenvalue weighted by atomic mass is 32.2. The fourth-order valence-corrected chi connectivity index (χ4v) is 5.93. The molecule has 1 saturated heterocycles. The van der Waals surface area contributed by atoms with Gasteiger partial charge >= 0.3 is 0 Å². The number of furan rings is 1. The zero-order valence-corrected chi connectivity index (χ0v) is 20.7. The number of amides is 1. The normalized spacial score (nSPS) is 17.9. The SMILES string of the molecule is Cc1ccccc1CN1CCN(C(=O)CSc2nnc(-c3ccco3)n2C2CCCCC2)CC1. The minimum atomic E-state index is 0.179. The van der Waals surface area contributed by atoms with Crippen LogP contribution in [0.4, 0.5) is 0 Å². The standard InChI is InChI=1S/C26H33N5O2S/c1-20-8-5-6-9-21(20)18-29-13-15-30(16-14-29)24(32)19-34-26-28-27-25(23-12-7-17-33-23)31(26)22-10-3-2-4-11-22/h5-9,12,17,22H,2-4,10-11,13-16,18-19H2,1H3. The molecule has 0 N–H and O–H groups in total. The second-order valence-electron chi connectivity index (χ2n) is 9.32. The highest BCUT2D eigenvalue weighted by Crippen LogP contribution is 2.35. The van der Waals surface area contributed by atoms with Gasteiger partial charge in [-0.05, 0) is 43.0 Å². The van der Waals surface area contributed by atoms with Crippen molar-refractivity contribution >= 4 is 17.7 Å². The summed E-state index contributed by atoms with van der Waals surface area (Å²) in [5.41, 5.74) is 2.70. The molecule has 1 saturated carbocycles. The van der Waals surface area contributed by atoms with Gasteiger partial charge in [0.1, 0.15) is 0 Å². The van der Waals surface area contributed by atoms with Gasteiger partial charge in [-0.2, -0.15) is 0 Å². The van der Waals surface area contributed by atoms with Crippen molar-refractivity contribution in [2.75, 3.05) is 31.9 Å². The lowest BCUT2D eigenvalue weighted by Gasteiger charge is -2.35. The molecule has 180 valence electrons. The van der Waals surface area contributed by atoms with Gasteiger partial charge < -0.3 is 9.32 Å². The smallest absolute Gasteiger partial charge is 0.233 e. The van der Waals surface area contributed by atoms with Crippen LogP contribution in [-0.2, 0) is 11.3 Å². The fourth-order valence-electron chi connectivity index (χ4n) is 5.02. The molecule has 2 fully saturated rings. The molecular weight excluding hydrogens is 446 g/mol. The molecule has 0 spiro atoms. The van der Waals surface area contributed by atoms with Gasteiger partial charge in [0, 0.05) is 38.8 Å². The minimum Gasteiger partial charge on any atom is -0.461 e. The molecule has 5 rings (SSSR count). The third kappa shape index (κ3) is 5.23. The lowest BCUT2D eigenvalue weighted by molar-refractivity contribution is -0.130. The highest BCUT2D eigenvalue weighted by Gasteiger charge is 2.27. The van der Waals surface area contributed by atoms with Crippen molar-refractivity contribution in [2.45, 2.75) is 56.8 Å². The molecule has 0 unspecified atom stereocenters. The van der Waals surface area contributed by atoms with Crippen molar-refractivity contribution in [3.05, 3.63) is 53.8 Å². The molecule has 1 aliphatic heterocycles. The molecule has 34 heavy (non-hydrogen) atoms. The largest absolute Gasteiger partial charge is 0.461 e. The van der Waals surface area contributed by atoms with Crippen LogP contribution in [0.25, 0.3) is 11.6 Å². The summed E-state index contributed by atoms with van der Waals surface area (Å²) in [5.74, 6) is 2.08. The zero-order chi connectivity index (χ0) is 23.3. The van der Waals surface area contributed by atoms with E-state index in [0.29, 0.717) is 11.8 Å². The highest BCUT2D eigenvalue weighted by molar-refractivity contribution is 7.99. The first kappa shape index (κ1) is 23.2. The summed E-state index contributed by atoms with van der Waals surface area (Å²) in [6.07, 6.45) is 7.63. The van der Waals surface area contributed by atoms with Crippen LogP contribution < -0.4 is 0 Å². The minimum absolute atomic E-state index is 0.179. The number of aryl methyl sites for hydroxylation is 1. The first-order valence-corrected chi connectivity index (χ1v) is 13.3. The third-order valence-corrected chi connectivity index (χ3v) is 7.98. The predicted octanol–water partition coefficient (Wildman–Crippen LogP) is 4.79. The summed E-state index contributed by atoms with van der Waals surface area (Å²) in [6, 6.07) is 12.7. The molecule has 8 heteroatoms. The Morgan fingerprint density at radius 3 is 2.56 bits per heavy atom. The van der Waals surface area contributed by atoms with Gasteiger partial charge in [0.25, 0.3) is 0 Å². The van der Waals surface area contributed by atoms with Crippen molar-refractivity contribution < 1.29 is 9.21 Å². The van der Waals surface area contributed by atoms with E-state index >= 15 is 0 Å². The number of carbonyl (C=O) groups excluding carboxylic acids is 1. The number of benzene rings is 1. The van der Waals surface area contributed by atoms with E-state index in [-0.39, 0.29) is 5.91 Å². The van der Waals surface area contributed by atoms with Crippen LogP contribution in [-0.4, -0.2) is 62.4 Å². The van der Waals surface area contributed by atoms with Gasteiger partial charge in [-0.3, -0.25) is 14.3 Å². The second-order valence-corrected chi connectivity index (χ2v) is 10.3. The van der Waals surface area contributed by atoms with Crippen LogP contribution >= 0.6 is 11.8 Å². The van der Waals surface area contributed by atoms with Gasteiger partial charge in [-0.1, -0.05) is 55.3 Å². The molecule has 2 aliphatic rings. The number of thioether (sulfide) groups is 1. The van der Waals surface area contributed by atoms with Crippen molar-refractivity contribution in [1.82, 2.24) is 24.6 Å². The monoisotopic (exact) mass is 479 g/mol. The number of aromatic nitrogens is 3.